The highest BCUT2D eigenvalue weighted by atomic mass is 16.3. The van der Waals surface area contributed by atoms with E-state index in [1.165, 1.54) is 0 Å². The maximum Gasteiger partial charge on any atom is 0.272 e. The molecule has 1 aliphatic rings. The summed E-state index contributed by atoms with van der Waals surface area (Å²) in [4.78, 5) is 18.9. The predicted octanol–water partition coefficient (Wildman–Crippen LogP) is 1.72. The fourth-order valence-corrected chi connectivity index (χ4v) is 3.32. The summed E-state index contributed by atoms with van der Waals surface area (Å²) < 4.78 is 1.80. The number of nitrogens with zero attached hydrogens (tertiary/aromatic N) is 5. The van der Waals surface area contributed by atoms with Crippen molar-refractivity contribution in [3.05, 3.63) is 41.7 Å². The first kappa shape index (κ1) is 18.5. The molecule has 0 spiro atoms. The molecule has 1 amide bonds. The fraction of sp³-hybridized carbons (Fsp3) is 0.579. The zero-order chi connectivity index (χ0) is 18.9. The minimum atomic E-state index is -0.986. The van der Waals surface area contributed by atoms with Gasteiger partial charge in [-0.1, -0.05) is 26.8 Å². The number of rotatable bonds is 3. The first-order valence-electron chi connectivity index (χ1n) is 8.99. The number of β-amino-alcohol motifs (C(OH)–C–C–N with tert-alkyl or cyclic N) is 1. The number of hydrogen-bond acceptors (Lipinski definition) is 5. The van der Waals surface area contributed by atoms with Crippen LogP contribution in [0.2, 0.25) is 0 Å². The van der Waals surface area contributed by atoms with Crippen molar-refractivity contribution in [3.63, 3.8) is 0 Å². The van der Waals surface area contributed by atoms with Crippen molar-refractivity contribution in [1.29, 1.82) is 0 Å². The minimum absolute atomic E-state index is 0.00391. The second kappa shape index (κ2) is 6.79. The predicted molar refractivity (Wildman–Crippen MR) is 97.7 cm³/mol. The third kappa shape index (κ3) is 3.93. The molecule has 0 aliphatic carbocycles. The minimum Gasteiger partial charge on any atom is -0.388 e. The Morgan fingerprint density at radius 2 is 2.12 bits per heavy atom. The summed E-state index contributed by atoms with van der Waals surface area (Å²) >= 11 is 0. The third-order valence-electron chi connectivity index (χ3n) is 4.98. The van der Waals surface area contributed by atoms with Gasteiger partial charge in [0, 0.05) is 26.2 Å². The molecule has 1 aliphatic heterocycles. The second-order valence-corrected chi connectivity index (χ2v) is 8.27. The van der Waals surface area contributed by atoms with Crippen molar-refractivity contribution in [2.24, 2.45) is 7.05 Å². The Hall–Kier alpha value is -2.28. The number of piperidine rings is 1. The molecule has 1 saturated heterocycles. The Morgan fingerprint density at radius 3 is 2.69 bits per heavy atom. The number of likely N-dealkylation sites (tertiary alicyclic amines) is 1. The van der Waals surface area contributed by atoms with E-state index in [0.29, 0.717) is 25.1 Å². The van der Waals surface area contributed by atoms with Gasteiger partial charge in [0.1, 0.15) is 17.8 Å². The Balaban J connectivity index is 1.72. The maximum atomic E-state index is 12.8. The van der Waals surface area contributed by atoms with Gasteiger partial charge in [0.15, 0.2) is 0 Å². The van der Waals surface area contributed by atoms with Crippen LogP contribution in [0.5, 0.6) is 0 Å². The quantitative estimate of drug-likeness (QED) is 0.904. The zero-order valence-electron chi connectivity index (χ0n) is 15.9. The molecule has 0 aromatic carbocycles. The van der Waals surface area contributed by atoms with Crippen LogP contribution in [0.4, 0.5) is 0 Å². The highest BCUT2D eigenvalue weighted by Crippen LogP contribution is 2.26. The lowest BCUT2D eigenvalue weighted by Gasteiger charge is -2.38. The van der Waals surface area contributed by atoms with Crippen molar-refractivity contribution in [2.75, 3.05) is 13.1 Å². The summed E-state index contributed by atoms with van der Waals surface area (Å²) in [6.07, 6.45) is 5.15. The second-order valence-electron chi connectivity index (χ2n) is 8.27. The average Bonchev–Trinajstić information content (AvgIpc) is 2.98. The molecule has 1 atom stereocenters. The number of aromatic nitrogens is 4. The number of aliphatic hydroxyl groups is 1. The maximum absolute atomic E-state index is 12.8. The molecule has 7 nitrogen and oxygen atoms in total. The van der Waals surface area contributed by atoms with E-state index in [-0.39, 0.29) is 17.9 Å². The van der Waals surface area contributed by atoms with Crippen LogP contribution in [0.25, 0.3) is 0 Å². The van der Waals surface area contributed by atoms with Crippen LogP contribution in [0.15, 0.2) is 24.7 Å². The van der Waals surface area contributed by atoms with E-state index in [9.17, 15) is 9.90 Å². The molecule has 140 valence electrons. The smallest absolute Gasteiger partial charge is 0.272 e. The molecule has 2 aromatic heterocycles. The van der Waals surface area contributed by atoms with Crippen LogP contribution < -0.4 is 0 Å². The lowest BCUT2D eigenvalue weighted by Crippen LogP contribution is -2.51. The van der Waals surface area contributed by atoms with Crippen LogP contribution >= 0.6 is 0 Å². The van der Waals surface area contributed by atoms with Crippen molar-refractivity contribution in [1.82, 2.24) is 24.6 Å². The summed E-state index contributed by atoms with van der Waals surface area (Å²) in [5.41, 5.74) is 0.517. The molecule has 0 radical (unpaired) electrons. The van der Waals surface area contributed by atoms with Crippen LogP contribution in [0, 0.1) is 0 Å². The van der Waals surface area contributed by atoms with E-state index in [1.54, 1.807) is 28.1 Å². The van der Waals surface area contributed by atoms with Crippen LogP contribution in [-0.2, 0) is 18.9 Å². The molecule has 26 heavy (non-hydrogen) atoms. The van der Waals surface area contributed by atoms with Gasteiger partial charge < -0.3 is 14.6 Å². The molecule has 1 fully saturated rings. The van der Waals surface area contributed by atoms with Crippen molar-refractivity contribution in [2.45, 2.75) is 51.0 Å². The number of amides is 1. The van der Waals surface area contributed by atoms with Crippen LogP contribution in [-0.4, -0.2) is 54.4 Å². The number of carbonyl (C=O) groups is 1. The molecule has 2 aromatic rings. The lowest BCUT2D eigenvalue weighted by atomic mass is 9.88. The molecule has 3 rings (SSSR count). The van der Waals surface area contributed by atoms with E-state index in [1.807, 2.05) is 13.1 Å². The number of carbonyl (C=O) groups excluding carboxylic acids is 1. The fourth-order valence-electron chi connectivity index (χ4n) is 3.32. The van der Waals surface area contributed by atoms with Crippen LogP contribution in [0.3, 0.4) is 0 Å². The van der Waals surface area contributed by atoms with Gasteiger partial charge in [-0.3, -0.25) is 9.78 Å². The molecular formula is C19H27N5O2. The first-order valence-corrected chi connectivity index (χ1v) is 8.99. The topological polar surface area (TPSA) is 84.1 Å². The summed E-state index contributed by atoms with van der Waals surface area (Å²) in [6.45, 7) is 7.25. The van der Waals surface area contributed by atoms with E-state index >= 15 is 0 Å². The number of pyridine rings is 1. The molecule has 0 bridgehead atoms. The van der Waals surface area contributed by atoms with Gasteiger partial charge in [-0.05, 0) is 29.9 Å². The van der Waals surface area contributed by atoms with Gasteiger partial charge in [0.05, 0.1) is 12.1 Å². The Bertz CT molecular complexity index is 778. The molecule has 1 unspecified atom stereocenters. The summed E-state index contributed by atoms with van der Waals surface area (Å²) in [5, 5.41) is 18.9. The molecule has 7 heteroatoms. The average molecular weight is 357 g/mol. The van der Waals surface area contributed by atoms with E-state index in [2.05, 4.69) is 36.0 Å². The van der Waals surface area contributed by atoms with Gasteiger partial charge in [0.2, 0.25) is 0 Å². The summed E-state index contributed by atoms with van der Waals surface area (Å²) in [5.74, 6) is 0.580. The Kier molecular flexibility index (Phi) is 4.84. The van der Waals surface area contributed by atoms with Crippen molar-refractivity contribution < 1.29 is 9.90 Å². The van der Waals surface area contributed by atoms with Gasteiger partial charge in [0.25, 0.3) is 5.91 Å². The number of aryl methyl sites for hydroxylation is 1. The highest BCUT2D eigenvalue weighted by molar-refractivity contribution is 5.92. The SMILES string of the molecule is Cn1cnnc1CC1(O)CCCN(C(=O)c2ccc(C(C)(C)C)cn2)C1. The molecule has 0 saturated carbocycles. The van der Waals surface area contributed by atoms with Gasteiger partial charge >= 0.3 is 0 Å². The van der Waals surface area contributed by atoms with Gasteiger partial charge in [-0.25, -0.2) is 0 Å². The van der Waals surface area contributed by atoms with E-state index < -0.39 is 5.60 Å². The summed E-state index contributed by atoms with van der Waals surface area (Å²) in [7, 11) is 1.85. The third-order valence-corrected chi connectivity index (χ3v) is 4.98. The first-order chi connectivity index (χ1) is 12.2. The van der Waals surface area contributed by atoms with Crippen molar-refractivity contribution in [3.8, 4) is 0 Å². The number of hydrogen-bond donors (Lipinski definition) is 1. The highest BCUT2D eigenvalue weighted by Gasteiger charge is 2.37. The van der Waals surface area contributed by atoms with Crippen molar-refractivity contribution >= 4 is 5.91 Å². The molecular weight excluding hydrogens is 330 g/mol. The Morgan fingerprint density at radius 1 is 1.35 bits per heavy atom. The standard InChI is InChI=1S/C19H27N5O2/c1-18(2,3)14-6-7-15(20-11-14)17(25)24-9-5-8-19(26,12-24)10-16-22-21-13-23(16)4/h6-7,11,13,26H,5,8-10,12H2,1-4H3. The molecule has 1 N–H and O–H groups in total. The Labute approximate surface area is 154 Å². The van der Waals surface area contributed by atoms with Gasteiger partial charge in [-0.15, -0.1) is 10.2 Å². The summed E-state index contributed by atoms with van der Waals surface area (Å²) in [6, 6.07) is 3.73. The largest absolute Gasteiger partial charge is 0.388 e. The van der Waals surface area contributed by atoms with E-state index in [4.69, 9.17) is 0 Å². The van der Waals surface area contributed by atoms with Crippen LogP contribution in [0.1, 0.15) is 55.5 Å². The molecule has 3 heterocycles. The van der Waals surface area contributed by atoms with E-state index in [0.717, 1.165) is 17.8 Å². The lowest BCUT2D eigenvalue weighted by molar-refractivity contribution is -0.0259. The normalized spacial score (nSPS) is 21.0. The van der Waals surface area contributed by atoms with Gasteiger partial charge in [-0.2, -0.15) is 0 Å². The monoisotopic (exact) mass is 357 g/mol. The zero-order valence-corrected chi connectivity index (χ0v) is 15.9.